The van der Waals surface area contributed by atoms with Crippen LogP contribution in [0.25, 0.3) is 16.8 Å². The highest BCUT2D eigenvalue weighted by atomic mass is 19.4. The normalized spacial score (nSPS) is 11.5. The SMILES string of the molecule is O=C(Nc1ccncc1C(F)(F)F)c1ccc2cc(-c3ccccc3)nn2c1. The molecule has 0 radical (unpaired) electrons. The third-order valence-electron chi connectivity index (χ3n) is 4.17. The molecule has 4 aromatic rings. The summed E-state index contributed by atoms with van der Waals surface area (Å²) in [5.41, 5.74) is 1.24. The largest absolute Gasteiger partial charge is 0.419 e. The highest BCUT2D eigenvalue weighted by Gasteiger charge is 2.34. The lowest BCUT2D eigenvalue weighted by atomic mass is 10.1. The number of halogens is 3. The second kappa shape index (κ2) is 6.80. The Morgan fingerprint density at radius 1 is 1.04 bits per heavy atom. The number of aromatic nitrogens is 3. The molecule has 28 heavy (non-hydrogen) atoms. The zero-order valence-electron chi connectivity index (χ0n) is 14.3. The number of amides is 1. The minimum absolute atomic E-state index is 0.181. The van der Waals surface area contributed by atoms with Crippen molar-refractivity contribution in [2.45, 2.75) is 6.18 Å². The molecule has 0 aliphatic carbocycles. The number of pyridine rings is 2. The van der Waals surface area contributed by atoms with Gasteiger partial charge < -0.3 is 5.32 Å². The van der Waals surface area contributed by atoms with Crippen LogP contribution in [0.2, 0.25) is 0 Å². The Morgan fingerprint density at radius 3 is 2.57 bits per heavy atom. The molecule has 0 unspecified atom stereocenters. The van der Waals surface area contributed by atoms with Crippen molar-refractivity contribution in [1.29, 1.82) is 0 Å². The Balaban J connectivity index is 1.64. The standard InChI is InChI=1S/C20H13F3N4O/c21-20(22,23)16-11-24-9-8-17(16)25-19(28)14-6-7-15-10-18(26-27(15)12-14)13-4-2-1-3-5-13/h1-12H,(H,24,25,28). The summed E-state index contributed by atoms with van der Waals surface area (Å²) in [6.45, 7) is 0. The molecular weight excluding hydrogens is 369 g/mol. The van der Waals surface area contributed by atoms with Gasteiger partial charge in [0.15, 0.2) is 0 Å². The van der Waals surface area contributed by atoms with Crippen LogP contribution in [0.4, 0.5) is 18.9 Å². The summed E-state index contributed by atoms with van der Waals surface area (Å²) >= 11 is 0. The van der Waals surface area contributed by atoms with E-state index in [1.807, 2.05) is 36.4 Å². The molecule has 0 spiro atoms. The number of alkyl halides is 3. The lowest BCUT2D eigenvalue weighted by Crippen LogP contribution is -2.17. The monoisotopic (exact) mass is 382 g/mol. The van der Waals surface area contributed by atoms with Crippen molar-refractivity contribution in [3.63, 3.8) is 0 Å². The summed E-state index contributed by atoms with van der Waals surface area (Å²) in [7, 11) is 0. The molecule has 3 heterocycles. The van der Waals surface area contributed by atoms with Gasteiger partial charge in [-0.05, 0) is 24.3 Å². The molecule has 0 aliphatic heterocycles. The van der Waals surface area contributed by atoms with E-state index >= 15 is 0 Å². The van der Waals surface area contributed by atoms with Crippen LogP contribution in [-0.4, -0.2) is 20.5 Å². The van der Waals surface area contributed by atoms with Crippen LogP contribution in [0.3, 0.4) is 0 Å². The van der Waals surface area contributed by atoms with Crippen molar-refractivity contribution in [3.05, 3.63) is 84.3 Å². The number of nitrogens with one attached hydrogen (secondary N) is 1. The Kier molecular flexibility index (Phi) is 4.31. The number of rotatable bonds is 3. The highest BCUT2D eigenvalue weighted by Crippen LogP contribution is 2.34. The van der Waals surface area contributed by atoms with E-state index in [1.54, 1.807) is 6.07 Å². The van der Waals surface area contributed by atoms with E-state index in [1.165, 1.54) is 23.0 Å². The van der Waals surface area contributed by atoms with Crippen molar-refractivity contribution in [2.75, 3.05) is 5.32 Å². The zero-order chi connectivity index (χ0) is 19.7. The Morgan fingerprint density at radius 2 is 1.82 bits per heavy atom. The van der Waals surface area contributed by atoms with Crippen molar-refractivity contribution in [1.82, 2.24) is 14.6 Å². The average molecular weight is 382 g/mol. The second-order valence-corrected chi connectivity index (χ2v) is 6.06. The number of fused-ring (bicyclic) bond motifs is 1. The number of hydrogen-bond donors (Lipinski definition) is 1. The van der Waals surface area contributed by atoms with Gasteiger partial charge >= 0.3 is 6.18 Å². The van der Waals surface area contributed by atoms with E-state index in [0.717, 1.165) is 22.8 Å². The third kappa shape index (κ3) is 3.44. The molecule has 8 heteroatoms. The summed E-state index contributed by atoms with van der Waals surface area (Å²) in [6.07, 6.45) is -1.27. The number of benzene rings is 1. The fourth-order valence-corrected chi connectivity index (χ4v) is 2.79. The van der Waals surface area contributed by atoms with Gasteiger partial charge in [0.05, 0.1) is 28.0 Å². The maximum atomic E-state index is 13.1. The first-order chi connectivity index (χ1) is 13.4. The van der Waals surface area contributed by atoms with E-state index in [0.29, 0.717) is 6.20 Å². The quantitative estimate of drug-likeness (QED) is 0.560. The van der Waals surface area contributed by atoms with Gasteiger partial charge in [-0.1, -0.05) is 30.3 Å². The van der Waals surface area contributed by atoms with Crippen LogP contribution in [0.5, 0.6) is 0 Å². The van der Waals surface area contributed by atoms with Gasteiger partial charge in [-0.25, -0.2) is 4.52 Å². The molecule has 1 aromatic carbocycles. The second-order valence-electron chi connectivity index (χ2n) is 6.06. The van der Waals surface area contributed by atoms with Crippen LogP contribution in [-0.2, 0) is 6.18 Å². The molecule has 1 N–H and O–H groups in total. The Bertz CT molecular complexity index is 1150. The number of carbonyl (C=O) groups excluding carboxylic acids is 1. The Labute approximate surface area is 157 Å². The highest BCUT2D eigenvalue weighted by molar-refractivity contribution is 6.04. The Hall–Kier alpha value is -3.68. The summed E-state index contributed by atoms with van der Waals surface area (Å²) in [4.78, 5) is 16.0. The molecule has 0 fully saturated rings. The third-order valence-corrected chi connectivity index (χ3v) is 4.17. The first-order valence-electron chi connectivity index (χ1n) is 8.29. The van der Waals surface area contributed by atoms with Gasteiger partial charge in [0.2, 0.25) is 0 Å². The zero-order valence-corrected chi connectivity index (χ0v) is 14.3. The van der Waals surface area contributed by atoms with E-state index in [-0.39, 0.29) is 11.3 Å². The fourth-order valence-electron chi connectivity index (χ4n) is 2.79. The number of nitrogens with zero attached hydrogens (tertiary/aromatic N) is 3. The fraction of sp³-hybridized carbons (Fsp3) is 0.0500. The molecule has 0 saturated carbocycles. The molecule has 1 amide bonds. The summed E-state index contributed by atoms with van der Waals surface area (Å²) in [5, 5.41) is 6.73. The van der Waals surface area contributed by atoms with Crippen LogP contribution >= 0.6 is 0 Å². The molecule has 3 aromatic heterocycles. The van der Waals surface area contributed by atoms with Gasteiger partial charge in [0.1, 0.15) is 0 Å². The van der Waals surface area contributed by atoms with Crippen LogP contribution < -0.4 is 5.32 Å². The van der Waals surface area contributed by atoms with E-state index < -0.39 is 17.6 Å². The summed E-state index contributed by atoms with van der Waals surface area (Å²) < 4.78 is 40.7. The van der Waals surface area contributed by atoms with Crippen molar-refractivity contribution >= 4 is 17.1 Å². The predicted molar refractivity (Wildman–Crippen MR) is 97.8 cm³/mol. The van der Waals surface area contributed by atoms with E-state index in [4.69, 9.17) is 0 Å². The summed E-state index contributed by atoms with van der Waals surface area (Å²) in [5.74, 6) is -0.671. The van der Waals surface area contributed by atoms with Crippen molar-refractivity contribution in [3.8, 4) is 11.3 Å². The maximum absolute atomic E-state index is 13.1. The van der Waals surface area contributed by atoms with Crippen LogP contribution in [0.1, 0.15) is 15.9 Å². The van der Waals surface area contributed by atoms with Gasteiger partial charge in [-0.3, -0.25) is 9.78 Å². The van der Waals surface area contributed by atoms with E-state index in [2.05, 4.69) is 15.4 Å². The molecule has 0 aliphatic rings. The predicted octanol–water partition coefficient (Wildman–Crippen LogP) is 4.67. The first kappa shape index (κ1) is 17.7. The van der Waals surface area contributed by atoms with Gasteiger partial charge in [-0.2, -0.15) is 18.3 Å². The molecule has 0 bridgehead atoms. The van der Waals surface area contributed by atoms with Gasteiger partial charge in [-0.15, -0.1) is 0 Å². The smallest absolute Gasteiger partial charge is 0.321 e. The topological polar surface area (TPSA) is 59.3 Å². The number of hydrogen-bond acceptors (Lipinski definition) is 3. The molecule has 4 rings (SSSR count). The number of carbonyl (C=O) groups is 1. The van der Waals surface area contributed by atoms with Crippen molar-refractivity contribution in [2.24, 2.45) is 0 Å². The van der Waals surface area contributed by atoms with Gasteiger partial charge in [0.25, 0.3) is 5.91 Å². The van der Waals surface area contributed by atoms with Crippen LogP contribution in [0.15, 0.2) is 73.2 Å². The maximum Gasteiger partial charge on any atom is 0.419 e. The lowest BCUT2D eigenvalue weighted by molar-refractivity contribution is -0.137. The minimum Gasteiger partial charge on any atom is -0.321 e. The minimum atomic E-state index is -4.62. The van der Waals surface area contributed by atoms with Gasteiger partial charge in [0, 0.05) is 24.2 Å². The van der Waals surface area contributed by atoms with Crippen LogP contribution in [0, 0.1) is 0 Å². The first-order valence-corrected chi connectivity index (χ1v) is 8.29. The average Bonchev–Trinajstić information content (AvgIpc) is 3.11. The van der Waals surface area contributed by atoms with E-state index in [9.17, 15) is 18.0 Å². The molecular formula is C20H13F3N4O. The lowest BCUT2D eigenvalue weighted by Gasteiger charge is -2.13. The summed E-state index contributed by atoms with van der Waals surface area (Å²) in [6, 6.07) is 15.7. The molecule has 0 atom stereocenters. The number of anilines is 1. The van der Waals surface area contributed by atoms with Crippen molar-refractivity contribution < 1.29 is 18.0 Å². The molecule has 140 valence electrons. The molecule has 5 nitrogen and oxygen atoms in total. The molecule has 0 saturated heterocycles.